The van der Waals surface area contributed by atoms with E-state index in [-0.39, 0.29) is 11.9 Å². The highest BCUT2D eigenvalue weighted by Gasteiger charge is 2.12. The molecule has 0 aliphatic carbocycles. The molecular formula is C12H17ClN2O2. The molecule has 5 heteroatoms. The first-order valence-electron chi connectivity index (χ1n) is 5.46. The molecule has 0 saturated carbocycles. The molecule has 0 heterocycles. The van der Waals surface area contributed by atoms with Crippen LogP contribution < -0.4 is 10.5 Å². The van der Waals surface area contributed by atoms with Gasteiger partial charge in [0.1, 0.15) is 17.7 Å². The zero-order chi connectivity index (χ0) is 12.8. The number of hydrogen-bond acceptors (Lipinski definition) is 3. The summed E-state index contributed by atoms with van der Waals surface area (Å²) in [7, 11) is 0. The Kier molecular flexibility index (Phi) is 5.10. The molecule has 0 saturated heterocycles. The highest BCUT2D eigenvalue weighted by Crippen LogP contribution is 2.27. The summed E-state index contributed by atoms with van der Waals surface area (Å²) in [4.78, 5) is 0. The van der Waals surface area contributed by atoms with Crippen LogP contribution in [0.4, 0.5) is 0 Å². The molecule has 94 valence electrons. The van der Waals surface area contributed by atoms with Crippen LogP contribution in [-0.4, -0.2) is 17.1 Å². The van der Waals surface area contributed by atoms with E-state index >= 15 is 0 Å². The van der Waals surface area contributed by atoms with Crippen LogP contribution in [-0.2, 0) is 0 Å². The molecule has 17 heavy (non-hydrogen) atoms. The van der Waals surface area contributed by atoms with Crippen LogP contribution in [0.25, 0.3) is 0 Å². The maximum absolute atomic E-state index is 8.53. The van der Waals surface area contributed by atoms with E-state index < -0.39 is 0 Å². The zero-order valence-corrected chi connectivity index (χ0v) is 10.7. The van der Waals surface area contributed by atoms with Gasteiger partial charge >= 0.3 is 0 Å². The van der Waals surface area contributed by atoms with Crippen LogP contribution >= 0.6 is 11.6 Å². The fourth-order valence-corrected chi connectivity index (χ4v) is 1.59. The summed E-state index contributed by atoms with van der Waals surface area (Å²) in [5.41, 5.74) is 6.53. The first kappa shape index (κ1) is 13.6. The number of halogens is 1. The van der Waals surface area contributed by atoms with E-state index in [1.54, 1.807) is 6.07 Å². The van der Waals surface area contributed by atoms with Crippen molar-refractivity contribution in [2.45, 2.75) is 32.8 Å². The monoisotopic (exact) mass is 256 g/mol. The van der Waals surface area contributed by atoms with Crippen molar-refractivity contribution >= 4 is 17.4 Å². The predicted octanol–water partition coefficient (Wildman–Crippen LogP) is 2.94. The van der Waals surface area contributed by atoms with E-state index in [0.717, 1.165) is 12.0 Å². The predicted molar refractivity (Wildman–Crippen MR) is 68.9 cm³/mol. The number of nitrogens with zero attached hydrogens (tertiary/aromatic N) is 1. The molecule has 0 fully saturated rings. The maximum Gasteiger partial charge on any atom is 0.142 e. The van der Waals surface area contributed by atoms with Gasteiger partial charge in [0.15, 0.2) is 0 Å². The Balaban J connectivity index is 2.76. The van der Waals surface area contributed by atoms with Gasteiger partial charge in [0.2, 0.25) is 0 Å². The Labute approximate surface area is 106 Å². The van der Waals surface area contributed by atoms with Gasteiger partial charge in [-0.25, -0.2) is 0 Å². The van der Waals surface area contributed by atoms with Crippen LogP contribution in [0, 0.1) is 6.92 Å². The molecule has 0 aromatic heterocycles. The van der Waals surface area contributed by atoms with Gasteiger partial charge in [-0.3, -0.25) is 0 Å². The van der Waals surface area contributed by atoms with Crippen LogP contribution in [0.2, 0.25) is 5.02 Å². The molecule has 1 atom stereocenters. The fourth-order valence-electron chi connectivity index (χ4n) is 1.42. The second kappa shape index (κ2) is 6.35. The molecule has 0 bridgehead atoms. The van der Waals surface area contributed by atoms with Crippen LogP contribution in [0.15, 0.2) is 23.4 Å². The molecular weight excluding hydrogens is 240 g/mol. The van der Waals surface area contributed by atoms with Gasteiger partial charge in [-0.2, -0.15) is 0 Å². The van der Waals surface area contributed by atoms with Crippen molar-refractivity contribution < 1.29 is 9.94 Å². The van der Waals surface area contributed by atoms with Crippen molar-refractivity contribution in [3.63, 3.8) is 0 Å². The summed E-state index contributed by atoms with van der Waals surface area (Å²) in [5, 5.41) is 12.0. The molecule has 0 aliphatic rings. The number of benzene rings is 1. The van der Waals surface area contributed by atoms with E-state index in [1.807, 2.05) is 26.0 Å². The van der Waals surface area contributed by atoms with Gasteiger partial charge in [-0.05, 0) is 31.0 Å². The van der Waals surface area contributed by atoms with Crippen LogP contribution in [0.1, 0.15) is 25.3 Å². The highest BCUT2D eigenvalue weighted by atomic mass is 35.5. The van der Waals surface area contributed by atoms with Gasteiger partial charge in [0, 0.05) is 6.42 Å². The lowest BCUT2D eigenvalue weighted by molar-refractivity contribution is 0.202. The van der Waals surface area contributed by atoms with E-state index in [0.29, 0.717) is 17.2 Å². The molecule has 1 rings (SSSR count). The number of nitrogens with two attached hydrogens (primary N) is 1. The Morgan fingerprint density at radius 1 is 1.59 bits per heavy atom. The molecule has 3 N–H and O–H groups in total. The second-order valence-corrected chi connectivity index (χ2v) is 4.28. The lowest BCUT2D eigenvalue weighted by Crippen LogP contribution is -2.24. The number of rotatable bonds is 5. The second-order valence-electron chi connectivity index (χ2n) is 3.88. The first-order chi connectivity index (χ1) is 8.06. The van der Waals surface area contributed by atoms with Crippen molar-refractivity contribution in [3.8, 4) is 5.75 Å². The minimum Gasteiger partial charge on any atom is -0.488 e. The first-order valence-corrected chi connectivity index (χ1v) is 5.83. The summed E-state index contributed by atoms with van der Waals surface area (Å²) in [6, 6.07) is 5.58. The van der Waals surface area contributed by atoms with Gasteiger partial charge in [0.25, 0.3) is 0 Å². The zero-order valence-electron chi connectivity index (χ0n) is 9.98. The van der Waals surface area contributed by atoms with E-state index in [9.17, 15) is 0 Å². The largest absolute Gasteiger partial charge is 0.488 e. The summed E-state index contributed by atoms with van der Waals surface area (Å²) >= 11 is 6.03. The van der Waals surface area contributed by atoms with E-state index in [4.69, 9.17) is 27.3 Å². The minimum absolute atomic E-state index is 0.148. The molecule has 1 aromatic rings. The van der Waals surface area contributed by atoms with Gasteiger partial charge in [-0.15, -0.1) is 0 Å². The van der Waals surface area contributed by atoms with Crippen molar-refractivity contribution in [2.24, 2.45) is 10.9 Å². The Hall–Kier alpha value is -1.42. The number of amidine groups is 1. The fraction of sp³-hybridized carbons (Fsp3) is 0.417. The summed E-state index contributed by atoms with van der Waals surface area (Å²) in [6.45, 7) is 3.94. The topological polar surface area (TPSA) is 67.8 Å². The molecule has 0 spiro atoms. The molecule has 4 nitrogen and oxygen atoms in total. The number of hydrogen-bond donors (Lipinski definition) is 2. The third-order valence-electron chi connectivity index (χ3n) is 2.40. The third-order valence-corrected chi connectivity index (χ3v) is 2.71. The van der Waals surface area contributed by atoms with E-state index in [2.05, 4.69) is 5.16 Å². The Morgan fingerprint density at radius 2 is 2.29 bits per heavy atom. The molecule has 1 aromatic carbocycles. The molecule has 0 amide bonds. The standard InChI is InChI=1S/C12H17ClN2O2/c1-3-9(7-12(14)15-16)17-11-6-8(2)4-5-10(11)13/h4-6,9,16H,3,7H2,1-2H3,(H2,14,15). The van der Waals surface area contributed by atoms with Crippen LogP contribution in [0.5, 0.6) is 5.75 Å². The highest BCUT2D eigenvalue weighted by molar-refractivity contribution is 6.32. The van der Waals surface area contributed by atoms with Crippen LogP contribution in [0.3, 0.4) is 0 Å². The molecule has 0 aliphatic heterocycles. The normalized spacial score (nSPS) is 13.5. The van der Waals surface area contributed by atoms with Gasteiger partial charge in [-0.1, -0.05) is 29.7 Å². The summed E-state index contributed by atoms with van der Waals surface area (Å²) < 4.78 is 5.74. The smallest absolute Gasteiger partial charge is 0.142 e. The average Bonchev–Trinajstić information content (AvgIpc) is 2.32. The van der Waals surface area contributed by atoms with Crippen molar-refractivity contribution in [1.29, 1.82) is 0 Å². The van der Waals surface area contributed by atoms with Crippen molar-refractivity contribution in [1.82, 2.24) is 0 Å². The van der Waals surface area contributed by atoms with Crippen molar-refractivity contribution in [2.75, 3.05) is 0 Å². The average molecular weight is 257 g/mol. The summed E-state index contributed by atoms with van der Waals surface area (Å²) in [5.74, 6) is 0.782. The summed E-state index contributed by atoms with van der Waals surface area (Å²) in [6.07, 6.45) is 0.975. The van der Waals surface area contributed by atoms with Crippen molar-refractivity contribution in [3.05, 3.63) is 28.8 Å². The Bertz CT molecular complexity index is 407. The molecule has 0 radical (unpaired) electrons. The lowest BCUT2D eigenvalue weighted by Gasteiger charge is -2.18. The maximum atomic E-state index is 8.53. The van der Waals surface area contributed by atoms with E-state index in [1.165, 1.54) is 0 Å². The Morgan fingerprint density at radius 3 is 2.88 bits per heavy atom. The van der Waals surface area contributed by atoms with Gasteiger partial charge < -0.3 is 15.7 Å². The third kappa shape index (κ3) is 4.15. The molecule has 1 unspecified atom stereocenters. The number of aryl methyl sites for hydroxylation is 1. The van der Waals surface area contributed by atoms with Gasteiger partial charge in [0.05, 0.1) is 5.02 Å². The lowest BCUT2D eigenvalue weighted by atomic mass is 10.2. The quantitative estimate of drug-likeness (QED) is 0.368. The SMILES string of the molecule is CCC(C/C(N)=N/O)Oc1cc(C)ccc1Cl. The minimum atomic E-state index is -0.148. The number of oxime groups is 1. The number of ether oxygens (including phenoxy) is 1.